The largest absolute Gasteiger partial charge is 0.495 e. The van der Waals surface area contributed by atoms with E-state index in [0.717, 1.165) is 26.2 Å². The zero-order valence-corrected chi connectivity index (χ0v) is 77.0. The van der Waals surface area contributed by atoms with Crippen molar-refractivity contribution >= 4 is 193 Å². The molecule has 0 aliphatic rings. The van der Waals surface area contributed by atoms with E-state index in [2.05, 4.69) is 74.8 Å². The van der Waals surface area contributed by atoms with Gasteiger partial charge >= 0.3 is 6.01 Å². The molecule has 120 heavy (non-hydrogen) atoms. The van der Waals surface area contributed by atoms with Crippen LogP contribution in [0, 0.1) is 6.92 Å². The van der Waals surface area contributed by atoms with Crippen LogP contribution in [0.1, 0.15) is 31.5 Å². The van der Waals surface area contributed by atoms with Crippen LogP contribution in [0.5, 0.6) is 34.8 Å². The summed E-state index contributed by atoms with van der Waals surface area (Å²) in [7, 11) is 18.6. The van der Waals surface area contributed by atoms with E-state index in [0.29, 0.717) is 215 Å². The first-order chi connectivity index (χ1) is 56.8. The minimum absolute atomic E-state index is 0.0351. The summed E-state index contributed by atoms with van der Waals surface area (Å²) in [5, 5.41) is 5.43. The molecule has 0 spiro atoms. The summed E-state index contributed by atoms with van der Waals surface area (Å²) >= 11 is 66.2. The van der Waals surface area contributed by atoms with Crippen LogP contribution in [0.15, 0.2) is 76.1 Å². The van der Waals surface area contributed by atoms with Gasteiger partial charge in [-0.15, -0.1) is 0 Å². The zero-order valence-electron chi connectivity index (χ0n) is 67.0. The topological polar surface area (TPSA) is 478 Å². The molecular weight excluding hydrogens is 1820 g/mol. The Morgan fingerprint density at radius 1 is 0.342 bits per heavy atom. The highest BCUT2D eigenvalue weighted by atomic mass is 35.5. The van der Waals surface area contributed by atoms with Gasteiger partial charge in [-0.05, 0) is 143 Å². The van der Waals surface area contributed by atoms with Gasteiger partial charge < -0.3 is 88.2 Å². The van der Waals surface area contributed by atoms with E-state index in [1.165, 1.54) is 49.5 Å². The molecular formula is C73H88Cl10N26O8S3. The monoisotopic (exact) mass is 1900 g/mol. The Balaban J connectivity index is 0.000000233. The summed E-state index contributed by atoms with van der Waals surface area (Å²) in [6.45, 7) is 6.72. The number of primary amides is 2. The van der Waals surface area contributed by atoms with E-state index in [1.807, 2.05) is 82.2 Å². The Kier molecular flexibility index (Phi) is 42.1. The fourth-order valence-electron chi connectivity index (χ4n) is 9.18. The van der Waals surface area contributed by atoms with Crippen LogP contribution in [0.2, 0.25) is 50.2 Å². The quantitative estimate of drug-likeness (QED) is 0.0145. The Hall–Kier alpha value is -8.32. The molecule has 47 heteroatoms. The second-order valence-corrected chi connectivity index (χ2v) is 32.6. The van der Waals surface area contributed by atoms with E-state index in [1.54, 1.807) is 67.6 Å². The van der Waals surface area contributed by atoms with Crippen molar-refractivity contribution < 1.29 is 38.0 Å². The molecule has 0 saturated heterocycles. The maximum atomic E-state index is 10.8. The minimum Gasteiger partial charge on any atom is -0.495 e. The van der Waals surface area contributed by atoms with Crippen LogP contribution >= 0.6 is 151 Å². The predicted molar refractivity (Wildman–Crippen MR) is 483 cm³/mol. The molecule has 14 N–H and O–H groups in total. The molecule has 0 unspecified atom stereocenters. The van der Waals surface area contributed by atoms with Crippen LogP contribution in [0.4, 0.5) is 29.7 Å². The number of halogens is 10. The normalized spacial score (nSPS) is 10.9. The second kappa shape index (κ2) is 50.3. The van der Waals surface area contributed by atoms with Crippen LogP contribution in [0.3, 0.4) is 0 Å². The minimum atomic E-state index is -0.341. The number of hydrogen-bond donors (Lipinski definition) is 7. The smallest absolute Gasteiger partial charge is 0.321 e. The predicted octanol–water partition coefficient (Wildman–Crippen LogP) is 13.7. The molecule has 0 saturated carbocycles. The molecule has 5 aromatic heterocycles. The maximum absolute atomic E-state index is 10.8. The lowest BCUT2D eigenvalue weighted by atomic mass is 10.2. The first-order valence-corrected chi connectivity index (χ1v) is 42.4. The molecule has 5 aromatic carbocycles. The summed E-state index contributed by atoms with van der Waals surface area (Å²) in [5.41, 5.74) is 41.7. The Morgan fingerprint density at radius 2 is 0.608 bits per heavy atom. The Bertz CT molecular complexity index is 4970. The van der Waals surface area contributed by atoms with Gasteiger partial charge in [0.2, 0.25) is 41.6 Å². The van der Waals surface area contributed by atoms with Gasteiger partial charge in [-0.25, -0.2) is 19.9 Å². The number of likely N-dealkylation sites (N-methyl/N-ethyl adjacent to an activating group) is 4. The Morgan fingerprint density at radius 3 is 0.892 bits per heavy atom. The number of hydrogen-bond acceptors (Lipinski definition) is 35. The second-order valence-electron chi connectivity index (χ2n) is 25.6. The highest BCUT2D eigenvalue weighted by Gasteiger charge is 2.22. The van der Waals surface area contributed by atoms with E-state index in [9.17, 15) is 9.59 Å². The first-order valence-electron chi connectivity index (χ1n) is 35.4. The lowest BCUT2D eigenvalue weighted by Gasteiger charge is -2.14. The van der Waals surface area contributed by atoms with Crippen molar-refractivity contribution in [3.63, 3.8) is 0 Å². The van der Waals surface area contributed by atoms with Gasteiger partial charge in [0.1, 0.15) is 61.0 Å². The molecule has 0 aliphatic heterocycles. The van der Waals surface area contributed by atoms with Crippen molar-refractivity contribution in [2.45, 2.75) is 48.1 Å². The molecule has 0 bridgehead atoms. The molecule has 5 heterocycles. The molecule has 0 aliphatic carbocycles. The van der Waals surface area contributed by atoms with Gasteiger partial charge in [0, 0.05) is 78.3 Å². The van der Waals surface area contributed by atoms with Gasteiger partial charge in [-0.1, -0.05) is 151 Å². The number of anilines is 5. The van der Waals surface area contributed by atoms with Crippen molar-refractivity contribution in [1.29, 1.82) is 0 Å². The number of methoxy groups -OCH3 is 2. The third-order valence-corrected chi connectivity index (χ3v) is 20.4. The fraction of sp³-hybridized carbons (Fsp3) is 0.356. The number of benzene rings is 5. The summed E-state index contributed by atoms with van der Waals surface area (Å²) < 4.78 is 33.0. The number of nitrogens with zero attached hydrogens (tertiary/aromatic N) is 19. The molecule has 10 aromatic rings. The maximum Gasteiger partial charge on any atom is 0.321 e. The van der Waals surface area contributed by atoms with Crippen molar-refractivity contribution in [2.24, 2.45) is 11.5 Å². The highest BCUT2D eigenvalue weighted by Crippen LogP contribution is 2.42. The van der Waals surface area contributed by atoms with Gasteiger partial charge in [-0.2, -0.15) is 54.8 Å². The van der Waals surface area contributed by atoms with Crippen molar-refractivity contribution in [3.8, 4) is 91.7 Å². The lowest BCUT2D eigenvalue weighted by molar-refractivity contribution is -0.118. The number of amides is 2. The number of carbonyl (C=O) groups is 2. The van der Waals surface area contributed by atoms with Gasteiger partial charge in [-0.3, -0.25) is 9.59 Å². The van der Waals surface area contributed by atoms with Gasteiger partial charge in [0.15, 0.2) is 44.6 Å². The molecule has 0 radical (unpaired) electrons. The summed E-state index contributed by atoms with van der Waals surface area (Å²) in [5.74, 6) is 5.74. The molecule has 34 nitrogen and oxygen atoms in total. The number of aromatic nitrogens is 15. The zero-order chi connectivity index (χ0) is 88.6. The fourth-order valence-corrected chi connectivity index (χ4v) is 13.7. The van der Waals surface area contributed by atoms with Crippen LogP contribution < -0.4 is 68.6 Å². The van der Waals surface area contributed by atoms with Crippen LogP contribution in [0.25, 0.3) is 56.9 Å². The van der Waals surface area contributed by atoms with Crippen LogP contribution in [-0.4, -0.2) is 247 Å². The summed E-state index contributed by atoms with van der Waals surface area (Å²) in [4.78, 5) is 91.7. The Labute approximate surface area is 756 Å². The number of carbonyl (C=O) groups excluding carboxylic acids is 2. The van der Waals surface area contributed by atoms with E-state index in [4.69, 9.17) is 185 Å². The number of nitrogens with two attached hydrogens (primary N) is 7. The highest BCUT2D eigenvalue weighted by molar-refractivity contribution is 7.99. The molecule has 10 rings (SSSR count). The molecule has 0 atom stereocenters. The lowest BCUT2D eigenvalue weighted by Crippen LogP contribution is -2.19. The van der Waals surface area contributed by atoms with E-state index >= 15 is 0 Å². The first kappa shape index (κ1) is 100. The summed E-state index contributed by atoms with van der Waals surface area (Å²) in [6.07, 6.45) is 3.71. The average Bonchev–Trinajstić information content (AvgIpc) is 0.825. The number of ether oxygens (including phenoxy) is 6. The molecule has 2 amide bonds. The standard InChI is InChI=1S/C17H22Cl2N6O2S.C14H15Cl2N5O2S.C14H17Cl2N5O2.C14H17Cl2N5OS.C14H17Cl2N5O/c1-25(2)5-6-27-13-8-10(11(18)9-12(13)19)15-22-16(21)24-17(23-15)28-7-3-4-14(20)26;1-23-10-5-7(8(15)6-9(10)16)12-19-13(18)21-14(20-12)24-4-2-3-11(17)22;1-21(2)4-5-23-11-6-8(9(15)7-10(11)16)12-18-13(17)20-14(19-12)22-3;1-21(2)4-5-22-11-6-8(9(15)7-10(11)16)12-18-13(17)20-14(19-12)23-3;1-8-18-13(20-14(17)19-8)9-6-12(11(16)7-10(9)15)22-5-4-21(2)3/h8-9H,3-7H2,1-2H3,(H2,20,26)(H2,21,22,23,24);5-6H,2-4H2,1H3,(H2,17,22)(H2,18,19,20,21);2*6-7H,4-5H2,1-3H3,(H2,17,18,19,20);6-7H,4-5H2,1-3H3,(H2,17,18,19,20). The summed E-state index contributed by atoms with van der Waals surface area (Å²) in [6, 6.07) is 16.5. The van der Waals surface area contributed by atoms with Gasteiger partial charge in [0.25, 0.3) is 0 Å². The third kappa shape index (κ3) is 33.8. The van der Waals surface area contributed by atoms with Crippen molar-refractivity contribution in [3.05, 3.63) is 117 Å². The number of rotatable bonds is 34. The SMILES string of the molecule is CN(C)CCOc1cc(-c2nc(N)nc(SCCCC(N)=O)n2)c(Cl)cc1Cl.COc1cc(-c2nc(N)nc(SCCCC(N)=O)n2)c(Cl)cc1Cl.COc1nc(N)nc(-c2cc(OCCN(C)C)c(Cl)cc2Cl)n1.CSc1nc(N)nc(-c2cc(OCCN(C)C)c(Cl)cc2Cl)n1.Cc1nc(N)nc(-c2cc(OCCN(C)C)c(Cl)cc2Cl)n1. The molecule has 0 fully saturated rings. The third-order valence-electron chi connectivity index (χ3n) is 15.0. The molecule has 646 valence electrons. The number of aryl methyl sites for hydroxylation is 1. The van der Waals surface area contributed by atoms with Gasteiger partial charge in [0.05, 0.1) is 64.4 Å². The van der Waals surface area contributed by atoms with E-state index < -0.39 is 0 Å². The number of thioether (sulfide) groups is 3. The van der Waals surface area contributed by atoms with E-state index in [-0.39, 0.29) is 53.4 Å². The van der Waals surface area contributed by atoms with Crippen molar-refractivity contribution in [2.75, 3.05) is 170 Å². The average molecular weight is 1910 g/mol. The number of nitrogen functional groups attached to an aromatic ring is 5. The van der Waals surface area contributed by atoms with Crippen molar-refractivity contribution in [1.82, 2.24) is 94.4 Å². The van der Waals surface area contributed by atoms with Crippen LogP contribution in [-0.2, 0) is 9.59 Å².